The van der Waals surface area contributed by atoms with Gasteiger partial charge in [0.1, 0.15) is 5.75 Å². The first-order valence-electron chi connectivity index (χ1n) is 7.27. The standard InChI is InChI=1S/C20H18O.Zn/c1-2-21-20-18(16-10-5-3-6-11-16)14-9-15-19(20)17-12-7-4-8-13-17;/h3-15H,2H2,1H3;. The number of hydrogen-bond donors (Lipinski definition) is 0. The van der Waals surface area contributed by atoms with Gasteiger partial charge in [0, 0.05) is 30.6 Å². The Morgan fingerprint density at radius 2 is 1.09 bits per heavy atom. The van der Waals surface area contributed by atoms with Gasteiger partial charge in [-0.2, -0.15) is 0 Å². The molecule has 0 unspecified atom stereocenters. The summed E-state index contributed by atoms with van der Waals surface area (Å²) in [7, 11) is 0. The molecule has 3 rings (SSSR count). The normalized spacial score (nSPS) is 9.86. The van der Waals surface area contributed by atoms with Crippen LogP contribution in [0.15, 0.2) is 78.9 Å². The minimum atomic E-state index is 0. The van der Waals surface area contributed by atoms with E-state index in [1.165, 1.54) is 11.1 Å². The van der Waals surface area contributed by atoms with E-state index >= 15 is 0 Å². The second-order valence-corrected chi connectivity index (χ2v) is 4.85. The topological polar surface area (TPSA) is 9.23 Å². The van der Waals surface area contributed by atoms with E-state index in [1.54, 1.807) is 0 Å². The monoisotopic (exact) mass is 338 g/mol. The fourth-order valence-electron chi connectivity index (χ4n) is 2.53. The van der Waals surface area contributed by atoms with E-state index in [2.05, 4.69) is 66.7 Å². The van der Waals surface area contributed by atoms with Crippen LogP contribution in [0.3, 0.4) is 0 Å². The molecule has 0 aromatic heterocycles. The van der Waals surface area contributed by atoms with Crippen molar-refractivity contribution in [2.45, 2.75) is 6.92 Å². The fraction of sp³-hybridized carbons (Fsp3) is 0.100. The third-order valence-corrected chi connectivity index (χ3v) is 3.47. The van der Waals surface area contributed by atoms with Crippen LogP contribution >= 0.6 is 0 Å². The Hall–Kier alpha value is -1.92. The van der Waals surface area contributed by atoms with Crippen molar-refractivity contribution in [3.63, 3.8) is 0 Å². The summed E-state index contributed by atoms with van der Waals surface area (Å²) < 4.78 is 5.98. The van der Waals surface area contributed by atoms with Crippen molar-refractivity contribution in [1.82, 2.24) is 0 Å². The maximum Gasteiger partial charge on any atom is 0.134 e. The first-order valence-corrected chi connectivity index (χ1v) is 7.27. The summed E-state index contributed by atoms with van der Waals surface area (Å²) in [6.07, 6.45) is 0. The molecule has 3 aromatic carbocycles. The molecule has 0 saturated carbocycles. The zero-order chi connectivity index (χ0) is 14.5. The second kappa shape index (κ2) is 7.91. The minimum Gasteiger partial charge on any atom is -0.493 e. The molecule has 1 nitrogen and oxygen atoms in total. The fourth-order valence-corrected chi connectivity index (χ4v) is 2.53. The van der Waals surface area contributed by atoms with E-state index in [0.717, 1.165) is 16.9 Å². The first kappa shape index (κ1) is 16.5. The van der Waals surface area contributed by atoms with Crippen LogP contribution in [0.4, 0.5) is 0 Å². The largest absolute Gasteiger partial charge is 0.493 e. The molecular formula is C20H18OZn. The zero-order valence-corrected chi connectivity index (χ0v) is 15.8. The van der Waals surface area contributed by atoms with E-state index < -0.39 is 0 Å². The van der Waals surface area contributed by atoms with Gasteiger partial charge in [0.15, 0.2) is 0 Å². The van der Waals surface area contributed by atoms with Gasteiger partial charge >= 0.3 is 0 Å². The van der Waals surface area contributed by atoms with E-state index in [9.17, 15) is 0 Å². The summed E-state index contributed by atoms with van der Waals surface area (Å²) in [6.45, 7) is 2.68. The molecular weight excluding hydrogens is 322 g/mol. The molecule has 3 aromatic rings. The van der Waals surface area contributed by atoms with Crippen molar-refractivity contribution in [2.24, 2.45) is 0 Å². The van der Waals surface area contributed by atoms with Gasteiger partial charge in [-0.15, -0.1) is 0 Å². The summed E-state index contributed by atoms with van der Waals surface area (Å²) in [5, 5.41) is 0. The molecule has 0 aliphatic carbocycles. The Morgan fingerprint density at radius 3 is 1.50 bits per heavy atom. The number of hydrogen-bond acceptors (Lipinski definition) is 1. The zero-order valence-electron chi connectivity index (χ0n) is 12.8. The quantitative estimate of drug-likeness (QED) is 0.577. The van der Waals surface area contributed by atoms with Crippen LogP contribution in [0.2, 0.25) is 0 Å². The van der Waals surface area contributed by atoms with Gasteiger partial charge in [-0.05, 0) is 18.1 Å². The molecule has 106 valence electrons. The predicted molar refractivity (Wildman–Crippen MR) is 88.5 cm³/mol. The number of para-hydroxylation sites is 1. The van der Waals surface area contributed by atoms with Crippen LogP contribution in [0.5, 0.6) is 5.75 Å². The Kier molecular flexibility index (Phi) is 5.92. The second-order valence-electron chi connectivity index (χ2n) is 4.85. The molecule has 0 spiro atoms. The maximum atomic E-state index is 5.98. The third kappa shape index (κ3) is 3.45. The Morgan fingerprint density at radius 1 is 0.636 bits per heavy atom. The average molecular weight is 340 g/mol. The number of rotatable bonds is 4. The van der Waals surface area contributed by atoms with Crippen molar-refractivity contribution < 1.29 is 24.2 Å². The minimum absolute atomic E-state index is 0. The van der Waals surface area contributed by atoms with E-state index in [-0.39, 0.29) is 19.5 Å². The SMILES string of the molecule is CCOc1c(-c2ccccc2)cccc1-c1ccccc1.[Zn]. The van der Waals surface area contributed by atoms with Crippen molar-refractivity contribution in [1.29, 1.82) is 0 Å². The average Bonchev–Trinajstić information content (AvgIpc) is 2.57. The van der Waals surface area contributed by atoms with Gasteiger partial charge in [0.25, 0.3) is 0 Å². The van der Waals surface area contributed by atoms with Crippen LogP contribution in [0, 0.1) is 0 Å². The molecule has 0 aliphatic heterocycles. The van der Waals surface area contributed by atoms with Crippen LogP contribution < -0.4 is 4.74 Å². The molecule has 2 heteroatoms. The number of ether oxygens (including phenoxy) is 1. The van der Waals surface area contributed by atoms with Crippen LogP contribution in [0.25, 0.3) is 22.3 Å². The van der Waals surface area contributed by atoms with Crippen LogP contribution in [-0.4, -0.2) is 6.61 Å². The first-order chi connectivity index (χ1) is 10.4. The molecule has 0 heterocycles. The summed E-state index contributed by atoms with van der Waals surface area (Å²) in [5.41, 5.74) is 4.63. The van der Waals surface area contributed by atoms with Gasteiger partial charge in [0.05, 0.1) is 6.61 Å². The van der Waals surface area contributed by atoms with Gasteiger partial charge in [0.2, 0.25) is 0 Å². The molecule has 0 saturated heterocycles. The Balaban J connectivity index is 0.00000176. The van der Waals surface area contributed by atoms with Crippen molar-refractivity contribution in [2.75, 3.05) is 6.61 Å². The van der Waals surface area contributed by atoms with Gasteiger partial charge in [-0.25, -0.2) is 0 Å². The Bertz CT molecular complexity index is 651. The smallest absolute Gasteiger partial charge is 0.134 e. The van der Waals surface area contributed by atoms with Gasteiger partial charge in [-0.1, -0.05) is 78.9 Å². The van der Waals surface area contributed by atoms with E-state index in [4.69, 9.17) is 4.74 Å². The van der Waals surface area contributed by atoms with Crippen molar-refractivity contribution in [3.05, 3.63) is 78.9 Å². The molecule has 0 aliphatic rings. The summed E-state index contributed by atoms with van der Waals surface area (Å²) >= 11 is 0. The number of benzene rings is 3. The van der Waals surface area contributed by atoms with E-state index in [0.29, 0.717) is 6.61 Å². The molecule has 0 radical (unpaired) electrons. The summed E-state index contributed by atoms with van der Waals surface area (Å²) in [5.74, 6) is 0.956. The summed E-state index contributed by atoms with van der Waals surface area (Å²) in [4.78, 5) is 0. The molecule has 22 heavy (non-hydrogen) atoms. The van der Waals surface area contributed by atoms with Crippen molar-refractivity contribution >= 4 is 0 Å². The molecule has 0 amide bonds. The summed E-state index contributed by atoms with van der Waals surface area (Å²) in [6, 6.07) is 27.1. The van der Waals surface area contributed by atoms with Crippen LogP contribution in [-0.2, 0) is 19.5 Å². The molecule has 0 fully saturated rings. The van der Waals surface area contributed by atoms with Gasteiger partial charge in [-0.3, -0.25) is 0 Å². The molecule has 0 bridgehead atoms. The third-order valence-electron chi connectivity index (χ3n) is 3.47. The molecule has 0 N–H and O–H groups in total. The van der Waals surface area contributed by atoms with Crippen molar-refractivity contribution in [3.8, 4) is 28.0 Å². The maximum absolute atomic E-state index is 5.98. The molecule has 0 atom stereocenters. The predicted octanol–water partition coefficient (Wildman–Crippen LogP) is 5.42. The Labute approximate surface area is 144 Å². The van der Waals surface area contributed by atoms with E-state index in [1.807, 2.05) is 19.1 Å². The van der Waals surface area contributed by atoms with Gasteiger partial charge < -0.3 is 4.74 Å². The van der Waals surface area contributed by atoms with Crippen LogP contribution in [0.1, 0.15) is 6.92 Å².